The molecule has 1 aromatic heterocycles. The number of nitrogens with one attached hydrogen (secondary N) is 1. The van der Waals surface area contributed by atoms with Crippen LogP contribution in [0.1, 0.15) is 18.0 Å². The molecule has 1 aliphatic rings. The molecule has 3 rings (SSSR count). The summed E-state index contributed by atoms with van der Waals surface area (Å²) >= 11 is -0.218. The van der Waals surface area contributed by atoms with Gasteiger partial charge in [0.05, 0.1) is 0 Å². The van der Waals surface area contributed by atoms with Gasteiger partial charge in [0.15, 0.2) is 0 Å². The van der Waals surface area contributed by atoms with E-state index in [1.807, 2.05) is 19.1 Å². The van der Waals surface area contributed by atoms with Crippen LogP contribution in [0, 0.1) is 6.92 Å². The van der Waals surface area contributed by atoms with Crippen molar-refractivity contribution in [3.05, 3.63) is 34.1 Å². The molecule has 1 fully saturated rings. The second kappa shape index (κ2) is 3.93. The number of imide groups is 1. The predicted molar refractivity (Wildman–Crippen MR) is 66.7 cm³/mol. The van der Waals surface area contributed by atoms with Crippen molar-refractivity contribution in [2.75, 3.05) is 0 Å². The molecular weight excluding hydrogens is 299 g/mol. The van der Waals surface area contributed by atoms with E-state index < -0.39 is 6.04 Å². The van der Waals surface area contributed by atoms with E-state index in [4.69, 9.17) is 0 Å². The van der Waals surface area contributed by atoms with Crippen LogP contribution in [0.4, 0.5) is 0 Å². The summed E-state index contributed by atoms with van der Waals surface area (Å²) in [6.07, 6.45) is 0.0827. The van der Waals surface area contributed by atoms with Gasteiger partial charge in [0, 0.05) is 0 Å². The maximum absolute atomic E-state index is 12.2. The van der Waals surface area contributed by atoms with Crippen molar-refractivity contribution in [2.45, 2.75) is 19.4 Å². The molecule has 1 aromatic carbocycles. The molecule has 6 heteroatoms. The second-order valence-corrected chi connectivity index (χ2v) is 6.37. The Kier molecular flexibility index (Phi) is 2.50. The third-order valence-corrected chi connectivity index (χ3v) is 5.87. The zero-order valence-electron chi connectivity index (χ0n) is 9.60. The summed E-state index contributed by atoms with van der Waals surface area (Å²) in [7, 11) is 0. The Morgan fingerprint density at radius 2 is 2.11 bits per heavy atom. The molecule has 0 spiro atoms. The van der Waals surface area contributed by atoms with Crippen LogP contribution in [0.3, 0.4) is 0 Å². The number of hydrogen-bond acceptors (Lipinski definition) is 3. The van der Waals surface area contributed by atoms with Crippen LogP contribution in [0.25, 0.3) is 9.65 Å². The molecule has 0 aliphatic carbocycles. The van der Waals surface area contributed by atoms with Crippen LogP contribution in [0.5, 0.6) is 0 Å². The number of amides is 2. The van der Waals surface area contributed by atoms with E-state index >= 15 is 0 Å². The summed E-state index contributed by atoms with van der Waals surface area (Å²) in [6, 6.07) is 4.95. The van der Waals surface area contributed by atoms with Gasteiger partial charge >= 0.3 is 108 Å². The fraction of sp³-hybridized carbons (Fsp3) is 0.250. The fourth-order valence-corrected chi connectivity index (χ4v) is 4.53. The van der Waals surface area contributed by atoms with Crippen molar-refractivity contribution in [1.82, 2.24) is 8.88 Å². The first-order valence-corrected chi connectivity index (χ1v) is 7.15. The summed E-state index contributed by atoms with van der Waals surface area (Å²) in [6.45, 7) is 1.96. The Morgan fingerprint density at radius 1 is 1.33 bits per heavy atom. The van der Waals surface area contributed by atoms with Gasteiger partial charge in [-0.05, 0) is 0 Å². The molecule has 5 nitrogen and oxygen atoms in total. The number of aromatic nitrogens is 1. The molecule has 0 bridgehead atoms. The summed E-state index contributed by atoms with van der Waals surface area (Å²) < 4.78 is 2.56. The summed E-state index contributed by atoms with van der Waals surface area (Å²) in [4.78, 5) is 35.1. The van der Waals surface area contributed by atoms with Gasteiger partial charge in [0.25, 0.3) is 0 Å². The van der Waals surface area contributed by atoms with Crippen molar-refractivity contribution in [3.63, 3.8) is 0 Å². The van der Waals surface area contributed by atoms with Gasteiger partial charge in [-0.25, -0.2) is 0 Å². The monoisotopic (exact) mass is 310 g/mol. The Bertz CT molecular complexity index is 728. The predicted octanol–water partition coefficient (Wildman–Crippen LogP) is -0.0455. The third-order valence-electron chi connectivity index (χ3n) is 3.06. The summed E-state index contributed by atoms with van der Waals surface area (Å²) in [5.74, 6) is -0.665. The Labute approximate surface area is 108 Å². The van der Waals surface area contributed by atoms with Gasteiger partial charge in [-0.2, -0.15) is 0 Å². The standard InChI is InChI=1S/C12H10N2O3Se/c1-6-3-2-4-7-10(6)18-14(12(7)17)8-5-9(15)13-11(8)16/h2-4,8H,5H2,1H3,(H,13,15,16). The number of carbonyl (C=O) groups is 2. The third kappa shape index (κ3) is 1.57. The van der Waals surface area contributed by atoms with Crippen molar-refractivity contribution >= 4 is 36.2 Å². The van der Waals surface area contributed by atoms with Crippen LogP contribution in [-0.2, 0) is 9.59 Å². The topological polar surface area (TPSA) is 68.2 Å². The van der Waals surface area contributed by atoms with Crippen molar-refractivity contribution in [2.24, 2.45) is 0 Å². The van der Waals surface area contributed by atoms with Crippen molar-refractivity contribution in [3.8, 4) is 0 Å². The second-order valence-electron chi connectivity index (χ2n) is 4.31. The molecule has 0 saturated carbocycles. The zero-order chi connectivity index (χ0) is 12.9. The van der Waals surface area contributed by atoms with Gasteiger partial charge in [0.2, 0.25) is 0 Å². The van der Waals surface area contributed by atoms with E-state index in [1.54, 1.807) is 9.63 Å². The molecule has 1 aliphatic heterocycles. The number of rotatable bonds is 1. The molecule has 18 heavy (non-hydrogen) atoms. The Balaban J connectivity index is 2.22. The summed E-state index contributed by atoms with van der Waals surface area (Å²) in [5, 5.41) is 2.91. The van der Waals surface area contributed by atoms with E-state index in [2.05, 4.69) is 5.32 Å². The first-order valence-electron chi connectivity index (χ1n) is 5.53. The SMILES string of the molecule is Cc1cccc2c(=O)n(C3CC(=O)NC3=O)[se]c12. The number of benzene rings is 1. The van der Waals surface area contributed by atoms with Gasteiger partial charge < -0.3 is 0 Å². The van der Waals surface area contributed by atoms with Gasteiger partial charge in [-0.1, -0.05) is 0 Å². The van der Waals surface area contributed by atoms with Gasteiger partial charge in [-0.15, -0.1) is 0 Å². The van der Waals surface area contributed by atoms with E-state index in [0.29, 0.717) is 5.39 Å². The molecule has 1 atom stereocenters. The van der Waals surface area contributed by atoms with E-state index in [-0.39, 0.29) is 38.5 Å². The maximum atomic E-state index is 12.2. The number of carbonyl (C=O) groups excluding carboxylic acids is 2. The molecule has 2 heterocycles. The Hall–Kier alpha value is -1.65. The number of nitrogens with zero attached hydrogens (tertiary/aromatic N) is 1. The van der Waals surface area contributed by atoms with Gasteiger partial charge in [0.1, 0.15) is 0 Å². The molecule has 0 radical (unpaired) electrons. The van der Waals surface area contributed by atoms with E-state index in [1.165, 1.54) is 0 Å². The number of fused-ring (bicyclic) bond motifs is 1. The average Bonchev–Trinajstić information content (AvgIpc) is 2.81. The summed E-state index contributed by atoms with van der Waals surface area (Å²) in [5.41, 5.74) is 0.927. The molecule has 2 aromatic rings. The van der Waals surface area contributed by atoms with Crippen molar-refractivity contribution in [1.29, 1.82) is 0 Å². The van der Waals surface area contributed by atoms with E-state index in [0.717, 1.165) is 9.82 Å². The minimum atomic E-state index is -0.628. The van der Waals surface area contributed by atoms with E-state index in [9.17, 15) is 14.4 Å². The molecule has 2 amide bonds. The Morgan fingerprint density at radius 3 is 2.72 bits per heavy atom. The molecule has 1 N–H and O–H groups in total. The van der Waals surface area contributed by atoms with Crippen LogP contribution >= 0.6 is 0 Å². The molecule has 92 valence electrons. The number of aryl methyl sites for hydroxylation is 1. The van der Waals surface area contributed by atoms with Crippen LogP contribution in [-0.4, -0.2) is 30.1 Å². The molecular formula is C12H10N2O3Se. The average molecular weight is 309 g/mol. The van der Waals surface area contributed by atoms with Gasteiger partial charge in [-0.3, -0.25) is 0 Å². The van der Waals surface area contributed by atoms with Crippen molar-refractivity contribution < 1.29 is 9.59 Å². The normalized spacial score (nSPS) is 19.5. The first kappa shape index (κ1) is 11.4. The molecule has 1 unspecified atom stereocenters. The van der Waals surface area contributed by atoms with Crippen LogP contribution < -0.4 is 10.9 Å². The van der Waals surface area contributed by atoms with Crippen LogP contribution in [0.15, 0.2) is 23.0 Å². The quantitative estimate of drug-likeness (QED) is 0.593. The number of hydrogen-bond donors (Lipinski definition) is 1. The van der Waals surface area contributed by atoms with Crippen LogP contribution in [0.2, 0.25) is 0 Å². The molecule has 1 saturated heterocycles. The zero-order valence-corrected chi connectivity index (χ0v) is 11.3. The minimum absolute atomic E-state index is 0.0827. The fourth-order valence-electron chi connectivity index (χ4n) is 2.14. The first-order chi connectivity index (χ1) is 8.58.